The van der Waals surface area contributed by atoms with Gasteiger partial charge < -0.3 is 10.2 Å². The highest BCUT2D eigenvalue weighted by Crippen LogP contribution is 2.12. The molecule has 0 bridgehead atoms. The van der Waals surface area contributed by atoms with Crippen LogP contribution in [0.2, 0.25) is 0 Å². The number of anilines is 1. The van der Waals surface area contributed by atoms with Crippen molar-refractivity contribution >= 4 is 16.5 Å². The number of likely N-dealkylation sites (N-methyl/N-ethyl adjacent to an activating group) is 1. The van der Waals surface area contributed by atoms with Gasteiger partial charge in [-0.25, -0.2) is 0 Å². The first-order chi connectivity index (χ1) is 6.76. The molecule has 0 saturated heterocycles. The van der Waals surface area contributed by atoms with Crippen LogP contribution in [0.4, 0.5) is 5.13 Å². The molecule has 14 heavy (non-hydrogen) atoms. The molecule has 0 atom stereocenters. The predicted molar refractivity (Wildman–Crippen MR) is 60.9 cm³/mol. The van der Waals surface area contributed by atoms with E-state index in [9.17, 15) is 0 Å². The molecule has 1 heterocycles. The zero-order valence-electron chi connectivity index (χ0n) is 9.08. The summed E-state index contributed by atoms with van der Waals surface area (Å²) in [6, 6.07) is 0. The Morgan fingerprint density at radius 2 is 2.00 bits per heavy atom. The molecule has 1 rings (SSSR count). The third-order valence-electron chi connectivity index (χ3n) is 2.12. The maximum atomic E-state index is 4.00. The Kier molecular flexibility index (Phi) is 4.82. The molecule has 1 aromatic rings. The van der Waals surface area contributed by atoms with E-state index in [-0.39, 0.29) is 0 Å². The van der Waals surface area contributed by atoms with E-state index in [0.29, 0.717) is 0 Å². The van der Waals surface area contributed by atoms with E-state index in [1.54, 1.807) is 11.3 Å². The van der Waals surface area contributed by atoms with Gasteiger partial charge in [-0.05, 0) is 20.0 Å². The van der Waals surface area contributed by atoms with Gasteiger partial charge in [-0.2, -0.15) is 0 Å². The van der Waals surface area contributed by atoms with Crippen LogP contribution in [-0.4, -0.2) is 41.3 Å². The van der Waals surface area contributed by atoms with Crippen molar-refractivity contribution in [1.82, 2.24) is 15.1 Å². The average Bonchev–Trinajstić information content (AvgIpc) is 2.59. The van der Waals surface area contributed by atoms with Crippen molar-refractivity contribution in [2.45, 2.75) is 20.8 Å². The van der Waals surface area contributed by atoms with E-state index in [2.05, 4.69) is 34.3 Å². The molecule has 0 aliphatic heterocycles. The summed E-state index contributed by atoms with van der Waals surface area (Å²) >= 11 is 1.60. The summed E-state index contributed by atoms with van der Waals surface area (Å²) in [5, 5.41) is 13.2. The van der Waals surface area contributed by atoms with Gasteiger partial charge in [0.2, 0.25) is 5.13 Å². The molecule has 4 nitrogen and oxygen atoms in total. The summed E-state index contributed by atoms with van der Waals surface area (Å²) in [5.74, 6) is 0. The second kappa shape index (κ2) is 5.93. The highest BCUT2D eigenvalue weighted by atomic mass is 32.1. The number of hydrogen-bond acceptors (Lipinski definition) is 5. The minimum Gasteiger partial charge on any atom is -0.359 e. The standard InChI is InChI=1S/C9H18N4S/c1-4-13(5-2)7-6-10-9-12-11-8(3)14-9/h4-7H2,1-3H3,(H,10,12). The molecule has 0 spiro atoms. The number of nitrogens with one attached hydrogen (secondary N) is 1. The molecule has 0 aliphatic carbocycles. The van der Waals surface area contributed by atoms with Crippen molar-refractivity contribution in [2.75, 3.05) is 31.5 Å². The lowest BCUT2D eigenvalue weighted by Crippen LogP contribution is -2.28. The van der Waals surface area contributed by atoms with E-state index in [4.69, 9.17) is 0 Å². The van der Waals surface area contributed by atoms with Crippen LogP contribution in [0.15, 0.2) is 0 Å². The van der Waals surface area contributed by atoms with E-state index >= 15 is 0 Å². The zero-order chi connectivity index (χ0) is 10.4. The Morgan fingerprint density at radius 1 is 1.29 bits per heavy atom. The van der Waals surface area contributed by atoms with Gasteiger partial charge in [0.05, 0.1) is 0 Å². The average molecular weight is 214 g/mol. The van der Waals surface area contributed by atoms with Gasteiger partial charge in [0.1, 0.15) is 5.01 Å². The number of hydrogen-bond donors (Lipinski definition) is 1. The second-order valence-electron chi connectivity index (χ2n) is 3.08. The molecule has 0 radical (unpaired) electrons. The number of aromatic nitrogens is 2. The minimum absolute atomic E-state index is 0.926. The molecule has 0 aromatic carbocycles. The summed E-state index contributed by atoms with van der Waals surface area (Å²) in [5.41, 5.74) is 0. The third kappa shape index (κ3) is 3.59. The Hall–Kier alpha value is -0.680. The first-order valence-electron chi connectivity index (χ1n) is 5.02. The molecule has 0 saturated carbocycles. The number of rotatable bonds is 6. The van der Waals surface area contributed by atoms with Crippen molar-refractivity contribution in [1.29, 1.82) is 0 Å². The summed E-state index contributed by atoms with van der Waals surface area (Å²) in [4.78, 5) is 2.38. The molecule has 0 amide bonds. The number of aryl methyl sites for hydroxylation is 1. The lowest BCUT2D eigenvalue weighted by Gasteiger charge is -2.17. The lowest BCUT2D eigenvalue weighted by molar-refractivity contribution is 0.316. The van der Waals surface area contributed by atoms with Gasteiger partial charge in [-0.15, -0.1) is 10.2 Å². The van der Waals surface area contributed by atoms with E-state index in [0.717, 1.165) is 36.3 Å². The molecule has 1 N–H and O–H groups in total. The van der Waals surface area contributed by atoms with Crippen LogP contribution in [0, 0.1) is 6.92 Å². The summed E-state index contributed by atoms with van der Waals surface area (Å²) in [6.45, 7) is 10.5. The first-order valence-corrected chi connectivity index (χ1v) is 5.84. The maximum absolute atomic E-state index is 4.00. The van der Waals surface area contributed by atoms with Crippen LogP contribution in [0.5, 0.6) is 0 Å². The van der Waals surface area contributed by atoms with Crippen molar-refractivity contribution in [3.05, 3.63) is 5.01 Å². The molecular weight excluding hydrogens is 196 g/mol. The van der Waals surface area contributed by atoms with Crippen LogP contribution in [0.3, 0.4) is 0 Å². The third-order valence-corrected chi connectivity index (χ3v) is 2.92. The molecule has 5 heteroatoms. The van der Waals surface area contributed by atoms with Crippen LogP contribution in [0.25, 0.3) is 0 Å². The van der Waals surface area contributed by atoms with Crippen molar-refractivity contribution < 1.29 is 0 Å². The largest absolute Gasteiger partial charge is 0.359 e. The number of nitrogens with zero attached hydrogens (tertiary/aromatic N) is 3. The van der Waals surface area contributed by atoms with E-state index in [1.807, 2.05) is 6.92 Å². The monoisotopic (exact) mass is 214 g/mol. The fourth-order valence-electron chi connectivity index (χ4n) is 1.23. The highest BCUT2D eigenvalue weighted by molar-refractivity contribution is 7.15. The molecule has 0 aliphatic rings. The second-order valence-corrected chi connectivity index (χ2v) is 4.26. The molecule has 1 aromatic heterocycles. The Balaban J connectivity index is 2.21. The first kappa shape index (κ1) is 11.4. The van der Waals surface area contributed by atoms with Crippen molar-refractivity contribution in [3.63, 3.8) is 0 Å². The molecule has 80 valence electrons. The SMILES string of the molecule is CCN(CC)CCNc1nnc(C)s1. The Bertz CT molecular complexity index is 257. The summed E-state index contributed by atoms with van der Waals surface area (Å²) in [7, 11) is 0. The van der Waals surface area contributed by atoms with Gasteiger partial charge in [-0.1, -0.05) is 25.2 Å². The summed E-state index contributed by atoms with van der Waals surface area (Å²) < 4.78 is 0. The van der Waals surface area contributed by atoms with Gasteiger partial charge >= 0.3 is 0 Å². The predicted octanol–water partition coefficient (Wildman–Crippen LogP) is 1.60. The van der Waals surface area contributed by atoms with Gasteiger partial charge in [0.25, 0.3) is 0 Å². The van der Waals surface area contributed by atoms with E-state index in [1.165, 1.54) is 0 Å². The molecular formula is C9H18N4S. The quantitative estimate of drug-likeness (QED) is 0.781. The van der Waals surface area contributed by atoms with Crippen LogP contribution < -0.4 is 5.32 Å². The van der Waals surface area contributed by atoms with Crippen LogP contribution in [-0.2, 0) is 0 Å². The zero-order valence-corrected chi connectivity index (χ0v) is 9.89. The highest BCUT2D eigenvalue weighted by Gasteiger charge is 2.00. The maximum Gasteiger partial charge on any atom is 0.205 e. The van der Waals surface area contributed by atoms with Crippen molar-refractivity contribution in [2.24, 2.45) is 0 Å². The van der Waals surface area contributed by atoms with Crippen molar-refractivity contribution in [3.8, 4) is 0 Å². The normalized spacial score (nSPS) is 10.9. The van der Waals surface area contributed by atoms with E-state index < -0.39 is 0 Å². The van der Waals surface area contributed by atoms with Gasteiger partial charge in [0.15, 0.2) is 0 Å². The van der Waals surface area contributed by atoms with Crippen LogP contribution >= 0.6 is 11.3 Å². The minimum atomic E-state index is 0.926. The van der Waals surface area contributed by atoms with Crippen LogP contribution in [0.1, 0.15) is 18.9 Å². The summed E-state index contributed by atoms with van der Waals surface area (Å²) in [6.07, 6.45) is 0. The Morgan fingerprint density at radius 3 is 2.50 bits per heavy atom. The Labute approximate surface area is 89.3 Å². The lowest BCUT2D eigenvalue weighted by atomic mass is 10.5. The van der Waals surface area contributed by atoms with Gasteiger partial charge in [-0.3, -0.25) is 0 Å². The molecule has 0 unspecified atom stereocenters. The fraction of sp³-hybridized carbons (Fsp3) is 0.778. The smallest absolute Gasteiger partial charge is 0.205 e. The fourth-order valence-corrected chi connectivity index (χ4v) is 1.85. The topological polar surface area (TPSA) is 41.0 Å². The molecule has 0 fully saturated rings. The van der Waals surface area contributed by atoms with Gasteiger partial charge in [0, 0.05) is 13.1 Å².